The van der Waals surface area contributed by atoms with E-state index < -0.39 is 10.0 Å². The lowest BCUT2D eigenvalue weighted by atomic mass is 10.1. The summed E-state index contributed by atoms with van der Waals surface area (Å²) in [7, 11) is -3.74. The quantitative estimate of drug-likeness (QED) is 0.832. The number of aryl methyl sites for hydroxylation is 3. The fourth-order valence-corrected chi connectivity index (χ4v) is 4.37. The molecule has 25 heavy (non-hydrogen) atoms. The molecule has 2 aromatic rings. The van der Waals surface area contributed by atoms with Gasteiger partial charge in [-0.1, -0.05) is 48.0 Å². The summed E-state index contributed by atoms with van der Waals surface area (Å²) >= 11 is 0. The molecule has 2 rings (SSSR count). The first-order chi connectivity index (χ1) is 11.7. The molecule has 0 saturated heterocycles. The second-order valence-corrected chi connectivity index (χ2v) is 7.96. The molecule has 0 heterocycles. The number of rotatable bonds is 6. The SMILES string of the molecule is Cc1cc(C)c(S(=O)(=O)NCC(=O)NC(C)c2ccccc2)c(C)c1. The van der Waals surface area contributed by atoms with Crippen LogP contribution in [0, 0.1) is 20.8 Å². The van der Waals surface area contributed by atoms with Crippen LogP contribution in [0.25, 0.3) is 0 Å². The van der Waals surface area contributed by atoms with Crippen molar-refractivity contribution in [2.24, 2.45) is 0 Å². The molecule has 134 valence electrons. The molecule has 0 bridgehead atoms. The van der Waals surface area contributed by atoms with Crippen LogP contribution in [-0.4, -0.2) is 20.9 Å². The Bertz CT molecular complexity index is 838. The van der Waals surface area contributed by atoms with Gasteiger partial charge in [-0.3, -0.25) is 4.79 Å². The number of sulfonamides is 1. The number of amides is 1. The van der Waals surface area contributed by atoms with E-state index in [1.807, 2.05) is 56.3 Å². The number of nitrogens with one attached hydrogen (secondary N) is 2. The predicted octanol–water partition coefficient (Wildman–Crippen LogP) is 2.77. The molecule has 5 nitrogen and oxygen atoms in total. The molecule has 0 aliphatic heterocycles. The Kier molecular flexibility index (Phi) is 5.98. The van der Waals surface area contributed by atoms with Gasteiger partial charge in [-0.2, -0.15) is 0 Å². The van der Waals surface area contributed by atoms with E-state index in [2.05, 4.69) is 10.0 Å². The van der Waals surface area contributed by atoms with Crippen molar-refractivity contribution in [1.29, 1.82) is 0 Å². The maximum absolute atomic E-state index is 12.6. The number of benzene rings is 2. The standard InChI is InChI=1S/C19H24N2O3S/c1-13-10-14(2)19(15(3)11-13)25(23,24)20-12-18(22)21-16(4)17-8-6-5-7-9-17/h5-11,16,20H,12H2,1-4H3,(H,21,22). The highest BCUT2D eigenvalue weighted by Crippen LogP contribution is 2.21. The number of carbonyl (C=O) groups excluding carboxylic acids is 1. The third-order valence-corrected chi connectivity index (χ3v) is 5.68. The monoisotopic (exact) mass is 360 g/mol. The molecule has 6 heteroatoms. The van der Waals surface area contributed by atoms with Gasteiger partial charge in [-0.15, -0.1) is 0 Å². The summed E-state index contributed by atoms with van der Waals surface area (Å²) in [6.45, 7) is 6.99. The van der Waals surface area contributed by atoms with Gasteiger partial charge in [-0.05, 0) is 44.4 Å². The van der Waals surface area contributed by atoms with E-state index in [1.165, 1.54) is 0 Å². The number of carbonyl (C=O) groups is 1. The lowest BCUT2D eigenvalue weighted by molar-refractivity contribution is -0.120. The highest BCUT2D eigenvalue weighted by atomic mass is 32.2. The van der Waals surface area contributed by atoms with Crippen molar-refractivity contribution in [3.8, 4) is 0 Å². The zero-order valence-electron chi connectivity index (χ0n) is 15.0. The molecule has 1 unspecified atom stereocenters. The minimum atomic E-state index is -3.74. The Morgan fingerprint density at radius 3 is 2.16 bits per heavy atom. The third-order valence-electron chi connectivity index (χ3n) is 3.97. The van der Waals surface area contributed by atoms with Gasteiger partial charge in [0.2, 0.25) is 15.9 Å². The Balaban J connectivity index is 2.04. The molecule has 0 saturated carbocycles. The van der Waals surface area contributed by atoms with E-state index in [9.17, 15) is 13.2 Å². The van der Waals surface area contributed by atoms with E-state index in [-0.39, 0.29) is 23.4 Å². The largest absolute Gasteiger partial charge is 0.348 e. The van der Waals surface area contributed by atoms with E-state index in [0.29, 0.717) is 11.1 Å². The summed E-state index contributed by atoms with van der Waals surface area (Å²) < 4.78 is 27.5. The highest BCUT2D eigenvalue weighted by Gasteiger charge is 2.21. The van der Waals surface area contributed by atoms with Crippen LogP contribution in [0.2, 0.25) is 0 Å². The van der Waals surface area contributed by atoms with Crippen LogP contribution in [0.1, 0.15) is 35.2 Å². The fraction of sp³-hybridized carbons (Fsp3) is 0.316. The Morgan fingerprint density at radius 2 is 1.60 bits per heavy atom. The topological polar surface area (TPSA) is 75.3 Å². The second kappa shape index (κ2) is 7.80. The van der Waals surface area contributed by atoms with Crippen molar-refractivity contribution < 1.29 is 13.2 Å². The molecule has 2 N–H and O–H groups in total. The third kappa shape index (κ3) is 4.90. The summed E-state index contributed by atoms with van der Waals surface area (Å²) in [5.74, 6) is -0.373. The average Bonchev–Trinajstić information content (AvgIpc) is 2.52. The minimum absolute atomic E-state index is 0.193. The van der Waals surface area contributed by atoms with Crippen molar-refractivity contribution in [2.75, 3.05) is 6.54 Å². The minimum Gasteiger partial charge on any atom is -0.348 e. The Hall–Kier alpha value is -2.18. The predicted molar refractivity (Wildman–Crippen MR) is 98.8 cm³/mol. The molecule has 1 atom stereocenters. The first-order valence-electron chi connectivity index (χ1n) is 8.12. The number of hydrogen-bond donors (Lipinski definition) is 2. The number of hydrogen-bond acceptors (Lipinski definition) is 3. The van der Waals surface area contributed by atoms with Gasteiger partial charge in [0.05, 0.1) is 17.5 Å². The summed E-state index contributed by atoms with van der Waals surface area (Å²) in [5, 5.41) is 2.79. The van der Waals surface area contributed by atoms with Crippen molar-refractivity contribution in [1.82, 2.24) is 10.0 Å². The van der Waals surface area contributed by atoms with Gasteiger partial charge < -0.3 is 5.32 Å². The average molecular weight is 360 g/mol. The van der Waals surface area contributed by atoms with Crippen LogP contribution in [0.3, 0.4) is 0 Å². The van der Waals surface area contributed by atoms with Gasteiger partial charge in [0.25, 0.3) is 0 Å². The van der Waals surface area contributed by atoms with Crippen LogP contribution >= 0.6 is 0 Å². The summed E-state index contributed by atoms with van der Waals surface area (Å²) in [6.07, 6.45) is 0. The first kappa shape index (κ1) is 19.1. The van der Waals surface area contributed by atoms with Crippen LogP contribution in [0.5, 0.6) is 0 Å². The van der Waals surface area contributed by atoms with Crippen LogP contribution in [0.4, 0.5) is 0 Å². The molecule has 1 amide bonds. The smallest absolute Gasteiger partial charge is 0.241 e. The van der Waals surface area contributed by atoms with E-state index in [1.54, 1.807) is 13.8 Å². The molecule has 0 aliphatic rings. The molecule has 0 fully saturated rings. The van der Waals surface area contributed by atoms with Crippen LogP contribution in [-0.2, 0) is 14.8 Å². The summed E-state index contributed by atoms with van der Waals surface area (Å²) in [6, 6.07) is 13.0. The van der Waals surface area contributed by atoms with Crippen molar-refractivity contribution >= 4 is 15.9 Å². The Morgan fingerprint density at radius 1 is 1.04 bits per heavy atom. The zero-order chi connectivity index (χ0) is 18.6. The van der Waals surface area contributed by atoms with Crippen molar-refractivity contribution in [3.05, 3.63) is 64.7 Å². The molecule has 0 spiro atoms. The van der Waals surface area contributed by atoms with Gasteiger partial charge in [0.1, 0.15) is 0 Å². The maximum atomic E-state index is 12.6. The van der Waals surface area contributed by atoms with Gasteiger partial charge >= 0.3 is 0 Å². The van der Waals surface area contributed by atoms with Gasteiger partial charge in [0.15, 0.2) is 0 Å². The maximum Gasteiger partial charge on any atom is 0.241 e. The summed E-state index contributed by atoms with van der Waals surface area (Å²) in [4.78, 5) is 12.3. The molecule has 0 radical (unpaired) electrons. The molecule has 0 aliphatic carbocycles. The lowest BCUT2D eigenvalue weighted by Gasteiger charge is -2.16. The first-order valence-corrected chi connectivity index (χ1v) is 9.61. The van der Waals surface area contributed by atoms with E-state index in [4.69, 9.17) is 0 Å². The van der Waals surface area contributed by atoms with E-state index >= 15 is 0 Å². The van der Waals surface area contributed by atoms with Crippen molar-refractivity contribution in [3.63, 3.8) is 0 Å². The zero-order valence-corrected chi connectivity index (χ0v) is 15.8. The van der Waals surface area contributed by atoms with Crippen LogP contribution < -0.4 is 10.0 Å². The highest BCUT2D eigenvalue weighted by molar-refractivity contribution is 7.89. The van der Waals surface area contributed by atoms with E-state index in [0.717, 1.165) is 11.1 Å². The second-order valence-electron chi connectivity index (χ2n) is 6.25. The normalized spacial score (nSPS) is 12.6. The molecular weight excluding hydrogens is 336 g/mol. The molecular formula is C19H24N2O3S. The Labute approximate surface area is 149 Å². The van der Waals surface area contributed by atoms with Crippen molar-refractivity contribution in [2.45, 2.75) is 38.6 Å². The summed E-state index contributed by atoms with van der Waals surface area (Å²) in [5.41, 5.74) is 3.30. The molecule has 2 aromatic carbocycles. The van der Waals surface area contributed by atoms with Gasteiger partial charge in [0, 0.05) is 0 Å². The fourth-order valence-electron chi connectivity index (χ4n) is 2.94. The van der Waals surface area contributed by atoms with Crippen LogP contribution in [0.15, 0.2) is 47.4 Å². The molecule has 0 aromatic heterocycles. The van der Waals surface area contributed by atoms with Gasteiger partial charge in [-0.25, -0.2) is 13.1 Å². The lowest BCUT2D eigenvalue weighted by Crippen LogP contribution is -2.38.